The van der Waals surface area contributed by atoms with E-state index >= 15 is 0 Å². The topological polar surface area (TPSA) is 190 Å². The molecule has 2 aliphatic heterocycles. The second kappa shape index (κ2) is 9.29. The quantitative estimate of drug-likeness (QED) is 0.184. The summed E-state index contributed by atoms with van der Waals surface area (Å²) >= 11 is 0. The van der Waals surface area contributed by atoms with Crippen molar-refractivity contribution in [2.24, 2.45) is 0 Å². The van der Waals surface area contributed by atoms with E-state index in [1.165, 1.54) is 0 Å². The smallest absolute Gasteiger partial charge is 0.187 e. The summed E-state index contributed by atoms with van der Waals surface area (Å²) in [5.41, 5.74) is 0. The first-order chi connectivity index (χ1) is 10.8. The highest BCUT2D eigenvalue weighted by atomic mass is 127. The van der Waals surface area contributed by atoms with Crippen LogP contribution in [0.3, 0.4) is 0 Å². The molecule has 12 heteroatoms. The average Bonchev–Trinajstić information content (AvgIpc) is 2.55. The SMILES string of the molecule is I.OC[C@H]1O[C@@H](O[C@H]2[C@H](O)[C@@H](O)C(O)O[C@@H]2CO)[C@H](O)[C@@H](O)[C@H]1O. The van der Waals surface area contributed by atoms with Crippen molar-refractivity contribution in [1.82, 2.24) is 0 Å². The lowest BCUT2D eigenvalue weighted by atomic mass is 9.97. The molecule has 1 unspecified atom stereocenters. The van der Waals surface area contributed by atoms with Crippen molar-refractivity contribution in [3.63, 3.8) is 0 Å². The molecule has 0 spiro atoms. The Hall–Kier alpha value is 0.290. The molecule has 10 atom stereocenters. The second-order valence-corrected chi connectivity index (χ2v) is 5.53. The van der Waals surface area contributed by atoms with Gasteiger partial charge in [0.2, 0.25) is 0 Å². The number of halogens is 1. The largest absolute Gasteiger partial charge is 0.394 e. The van der Waals surface area contributed by atoms with E-state index in [-0.39, 0.29) is 24.0 Å². The van der Waals surface area contributed by atoms with Crippen molar-refractivity contribution >= 4 is 24.0 Å². The predicted octanol–water partition coefficient (Wildman–Crippen LogP) is -4.78. The Morgan fingerprint density at radius 1 is 0.667 bits per heavy atom. The summed E-state index contributed by atoms with van der Waals surface area (Å²) in [4.78, 5) is 0. The lowest BCUT2D eigenvalue weighted by Gasteiger charge is -2.45. The summed E-state index contributed by atoms with van der Waals surface area (Å²) in [5, 5.41) is 76.5. The first kappa shape index (κ1) is 22.3. The third-order valence-corrected chi connectivity index (χ3v) is 3.98. The van der Waals surface area contributed by atoms with Crippen LogP contribution in [0.15, 0.2) is 0 Å². The standard InChI is InChI=1S/C12H22O11.HI/c13-1-3-5(15)6(16)9(19)12(22-3)23-10-4(2-14)21-11(20)8(18)7(10)17;/h3-20H,1-2H2;1H/t3-,4-,5+,6+,7-,8-,9-,10-,11?,12+;/m1./s1. The van der Waals surface area contributed by atoms with Crippen molar-refractivity contribution < 1.29 is 55.1 Å². The first-order valence-corrected chi connectivity index (χ1v) is 7.08. The van der Waals surface area contributed by atoms with Crippen molar-refractivity contribution in [2.45, 2.75) is 61.4 Å². The van der Waals surface area contributed by atoms with Crippen LogP contribution in [-0.4, -0.2) is 115 Å². The molecule has 0 aromatic carbocycles. The molecule has 144 valence electrons. The van der Waals surface area contributed by atoms with Crippen molar-refractivity contribution in [2.75, 3.05) is 13.2 Å². The lowest BCUT2D eigenvalue weighted by molar-refractivity contribution is -0.355. The normalized spacial score (nSPS) is 49.5. The van der Waals surface area contributed by atoms with Gasteiger partial charge in [-0.3, -0.25) is 0 Å². The van der Waals surface area contributed by atoms with Gasteiger partial charge < -0.3 is 55.1 Å². The fourth-order valence-corrected chi connectivity index (χ4v) is 2.57. The van der Waals surface area contributed by atoms with Crippen LogP contribution >= 0.6 is 24.0 Å². The molecule has 8 N–H and O–H groups in total. The minimum atomic E-state index is -1.74. The Morgan fingerprint density at radius 3 is 1.79 bits per heavy atom. The Morgan fingerprint density at radius 2 is 1.25 bits per heavy atom. The highest BCUT2D eigenvalue weighted by Gasteiger charge is 2.50. The van der Waals surface area contributed by atoms with E-state index in [1.807, 2.05) is 0 Å². The van der Waals surface area contributed by atoms with Gasteiger partial charge in [-0.15, -0.1) is 24.0 Å². The summed E-state index contributed by atoms with van der Waals surface area (Å²) in [6.07, 6.45) is -15.6. The van der Waals surface area contributed by atoms with Crippen LogP contribution in [0.1, 0.15) is 0 Å². The molecule has 0 bridgehead atoms. The maximum absolute atomic E-state index is 9.94. The Labute approximate surface area is 154 Å². The summed E-state index contributed by atoms with van der Waals surface area (Å²) < 4.78 is 15.3. The molecule has 2 saturated heterocycles. The van der Waals surface area contributed by atoms with E-state index in [1.54, 1.807) is 0 Å². The number of aliphatic hydroxyl groups excluding tert-OH is 8. The van der Waals surface area contributed by atoms with Gasteiger partial charge in [-0.05, 0) is 0 Å². The van der Waals surface area contributed by atoms with E-state index in [4.69, 9.17) is 19.3 Å². The molecule has 2 rings (SSSR count). The first-order valence-electron chi connectivity index (χ1n) is 7.08. The van der Waals surface area contributed by atoms with Crippen molar-refractivity contribution in [3.05, 3.63) is 0 Å². The zero-order valence-corrected chi connectivity index (χ0v) is 14.7. The Bertz CT molecular complexity index is 384. The minimum Gasteiger partial charge on any atom is -0.394 e. The van der Waals surface area contributed by atoms with Gasteiger partial charge in [-0.2, -0.15) is 0 Å². The summed E-state index contributed by atoms with van der Waals surface area (Å²) in [7, 11) is 0. The van der Waals surface area contributed by atoms with Gasteiger partial charge in [0.15, 0.2) is 12.6 Å². The molecule has 2 fully saturated rings. The van der Waals surface area contributed by atoms with E-state index in [9.17, 15) is 35.7 Å². The van der Waals surface area contributed by atoms with E-state index in [0.29, 0.717) is 0 Å². The van der Waals surface area contributed by atoms with Gasteiger partial charge in [0.05, 0.1) is 13.2 Å². The third-order valence-electron chi connectivity index (χ3n) is 3.98. The van der Waals surface area contributed by atoms with Crippen LogP contribution in [0, 0.1) is 0 Å². The number of hydrogen-bond donors (Lipinski definition) is 8. The Balaban J connectivity index is 0.00000288. The number of hydrogen-bond acceptors (Lipinski definition) is 11. The van der Waals surface area contributed by atoms with Gasteiger partial charge in [-0.25, -0.2) is 0 Å². The molecule has 0 aromatic rings. The number of ether oxygens (including phenoxy) is 3. The monoisotopic (exact) mass is 470 g/mol. The average molecular weight is 470 g/mol. The van der Waals surface area contributed by atoms with Crippen LogP contribution in [-0.2, 0) is 14.2 Å². The third kappa shape index (κ3) is 4.33. The zero-order chi connectivity index (χ0) is 17.3. The molecular weight excluding hydrogens is 447 g/mol. The molecule has 0 saturated carbocycles. The van der Waals surface area contributed by atoms with Gasteiger partial charge >= 0.3 is 0 Å². The Kier molecular flexibility index (Phi) is 8.65. The molecule has 0 amide bonds. The lowest BCUT2D eigenvalue weighted by Crippen LogP contribution is -2.64. The van der Waals surface area contributed by atoms with E-state index in [0.717, 1.165) is 0 Å². The number of rotatable bonds is 4. The highest BCUT2D eigenvalue weighted by molar-refractivity contribution is 14.0. The van der Waals surface area contributed by atoms with Gasteiger partial charge in [-0.1, -0.05) is 0 Å². The van der Waals surface area contributed by atoms with Crippen LogP contribution in [0.5, 0.6) is 0 Å². The molecule has 24 heavy (non-hydrogen) atoms. The summed E-state index contributed by atoms with van der Waals surface area (Å²) in [6.45, 7) is -1.35. The molecule has 2 aliphatic rings. The molecular formula is C12H23IO11. The van der Waals surface area contributed by atoms with Gasteiger partial charge in [0, 0.05) is 0 Å². The highest BCUT2D eigenvalue weighted by Crippen LogP contribution is 2.28. The minimum absolute atomic E-state index is 0. The van der Waals surface area contributed by atoms with Crippen LogP contribution in [0.4, 0.5) is 0 Å². The molecule has 11 nitrogen and oxygen atoms in total. The predicted molar refractivity (Wildman–Crippen MR) is 84.0 cm³/mol. The fourth-order valence-electron chi connectivity index (χ4n) is 2.57. The van der Waals surface area contributed by atoms with Gasteiger partial charge in [0.1, 0.15) is 48.8 Å². The number of aliphatic hydroxyl groups is 8. The van der Waals surface area contributed by atoms with Crippen molar-refractivity contribution in [3.8, 4) is 0 Å². The second-order valence-electron chi connectivity index (χ2n) is 5.53. The van der Waals surface area contributed by atoms with Gasteiger partial charge in [0.25, 0.3) is 0 Å². The fraction of sp³-hybridized carbons (Fsp3) is 1.00. The van der Waals surface area contributed by atoms with E-state index in [2.05, 4.69) is 0 Å². The maximum atomic E-state index is 9.94. The summed E-state index contributed by atoms with van der Waals surface area (Å²) in [5.74, 6) is 0. The van der Waals surface area contributed by atoms with Crippen molar-refractivity contribution in [1.29, 1.82) is 0 Å². The molecule has 0 aromatic heterocycles. The van der Waals surface area contributed by atoms with Crippen LogP contribution in [0.2, 0.25) is 0 Å². The molecule has 0 radical (unpaired) electrons. The molecule has 0 aliphatic carbocycles. The van der Waals surface area contributed by atoms with Crippen LogP contribution in [0.25, 0.3) is 0 Å². The zero-order valence-electron chi connectivity index (χ0n) is 12.4. The van der Waals surface area contributed by atoms with Crippen LogP contribution < -0.4 is 0 Å². The van der Waals surface area contributed by atoms with E-state index < -0.39 is 74.6 Å². The summed E-state index contributed by atoms with van der Waals surface area (Å²) in [6, 6.07) is 0. The molecule has 2 heterocycles. The maximum Gasteiger partial charge on any atom is 0.187 e.